The van der Waals surface area contributed by atoms with Crippen LogP contribution in [0.15, 0.2) is 47.3 Å². The molecule has 1 aliphatic carbocycles. The van der Waals surface area contributed by atoms with Crippen LogP contribution in [0.4, 0.5) is 5.69 Å². The highest BCUT2D eigenvalue weighted by Gasteiger charge is 2.23. The van der Waals surface area contributed by atoms with Crippen LogP contribution in [-0.2, 0) is 11.2 Å². The van der Waals surface area contributed by atoms with Gasteiger partial charge < -0.3 is 15.2 Å². The van der Waals surface area contributed by atoms with Gasteiger partial charge in [0, 0.05) is 36.0 Å². The second-order valence-corrected chi connectivity index (χ2v) is 7.00. The number of nitrogens with zero attached hydrogens (tertiary/aromatic N) is 1. The van der Waals surface area contributed by atoms with Crippen molar-refractivity contribution in [1.82, 2.24) is 9.88 Å². The third-order valence-electron chi connectivity index (χ3n) is 4.85. The van der Waals surface area contributed by atoms with E-state index in [1.807, 2.05) is 61.5 Å². The van der Waals surface area contributed by atoms with Gasteiger partial charge in [0.2, 0.25) is 5.91 Å². The molecule has 0 unspecified atom stereocenters. The molecule has 1 heterocycles. The van der Waals surface area contributed by atoms with Crippen molar-refractivity contribution in [1.29, 1.82) is 0 Å². The minimum Gasteiger partial charge on any atom is -0.326 e. The van der Waals surface area contributed by atoms with E-state index in [0.29, 0.717) is 13.0 Å². The maximum atomic E-state index is 12.4. The van der Waals surface area contributed by atoms with Crippen LogP contribution < -0.4 is 10.9 Å². The Morgan fingerprint density at radius 3 is 2.69 bits per heavy atom. The van der Waals surface area contributed by atoms with E-state index in [-0.39, 0.29) is 11.5 Å². The second-order valence-electron chi connectivity index (χ2n) is 7.00. The van der Waals surface area contributed by atoms with Crippen molar-refractivity contribution in [3.8, 4) is 11.3 Å². The number of carbonyl (C=O) groups excluding carboxylic acids is 1. The predicted molar refractivity (Wildman–Crippen MR) is 105 cm³/mol. The largest absolute Gasteiger partial charge is 0.326 e. The van der Waals surface area contributed by atoms with Gasteiger partial charge in [-0.25, -0.2) is 0 Å². The maximum absolute atomic E-state index is 12.4. The Kier molecular flexibility index (Phi) is 4.09. The number of fused-ring (bicyclic) bond motifs is 5. The number of hydrogen-bond donors (Lipinski definition) is 2. The first-order valence-corrected chi connectivity index (χ1v) is 8.74. The van der Waals surface area contributed by atoms with Gasteiger partial charge in [-0.2, -0.15) is 0 Å². The van der Waals surface area contributed by atoms with Crippen molar-refractivity contribution < 1.29 is 4.79 Å². The highest BCUT2D eigenvalue weighted by Crippen LogP contribution is 2.39. The van der Waals surface area contributed by atoms with E-state index in [0.717, 1.165) is 39.7 Å². The van der Waals surface area contributed by atoms with E-state index in [1.165, 1.54) is 5.56 Å². The Bertz CT molecular complexity index is 1070. The molecule has 0 saturated carbocycles. The van der Waals surface area contributed by atoms with Gasteiger partial charge in [0.15, 0.2) is 0 Å². The van der Waals surface area contributed by atoms with Gasteiger partial charge >= 0.3 is 0 Å². The molecule has 2 N–H and O–H groups in total. The fraction of sp³-hybridized carbons (Fsp3) is 0.238. The van der Waals surface area contributed by atoms with E-state index >= 15 is 0 Å². The molecule has 132 valence electrons. The number of aromatic amines is 1. The quantitative estimate of drug-likeness (QED) is 0.596. The molecule has 0 atom stereocenters. The Balaban J connectivity index is 1.69. The molecule has 0 radical (unpaired) electrons. The summed E-state index contributed by atoms with van der Waals surface area (Å²) >= 11 is 0. The number of amides is 1. The second kappa shape index (κ2) is 6.42. The summed E-state index contributed by atoms with van der Waals surface area (Å²) < 4.78 is 0. The van der Waals surface area contributed by atoms with Crippen LogP contribution in [0, 0.1) is 0 Å². The zero-order valence-electron chi connectivity index (χ0n) is 14.9. The predicted octanol–water partition coefficient (Wildman–Crippen LogP) is 2.99. The number of anilines is 1. The number of pyridine rings is 1. The monoisotopic (exact) mass is 347 g/mol. The van der Waals surface area contributed by atoms with Crippen LogP contribution in [0.5, 0.6) is 0 Å². The molecule has 0 spiro atoms. The first-order valence-electron chi connectivity index (χ1n) is 8.74. The van der Waals surface area contributed by atoms with Crippen LogP contribution in [0.2, 0.25) is 0 Å². The maximum Gasteiger partial charge on any atom is 0.256 e. The summed E-state index contributed by atoms with van der Waals surface area (Å²) in [5.41, 5.74) is 4.85. The van der Waals surface area contributed by atoms with Crippen LogP contribution in [0.25, 0.3) is 22.0 Å². The third kappa shape index (κ3) is 2.91. The molecule has 1 amide bonds. The zero-order valence-corrected chi connectivity index (χ0v) is 14.9. The Hall–Kier alpha value is -2.92. The van der Waals surface area contributed by atoms with Crippen molar-refractivity contribution >= 4 is 22.4 Å². The molecule has 1 aromatic heterocycles. The molecular weight excluding hydrogens is 326 g/mol. The highest BCUT2D eigenvalue weighted by molar-refractivity contribution is 5.95. The van der Waals surface area contributed by atoms with Gasteiger partial charge in [-0.05, 0) is 48.8 Å². The first-order chi connectivity index (χ1) is 12.5. The van der Waals surface area contributed by atoms with Gasteiger partial charge in [0.05, 0.1) is 5.69 Å². The number of benzene rings is 2. The molecule has 26 heavy (non-hydrogen) atoms. The smallest absolute Gasteiger partial charge is 0.256 e. The summed E-state index contributed by atoms with van der Waals surface area (Å²) in [6.45, 7) is 0.707. The average Bonchev–Trinajstić information content (AvgIpc) is 2.98. The minimum absolute atomic E-state index is 0.0103. The fourth-order valence-electron chi connectivity index (χ4n) is 3.53. The molecule has 4 rings (SSSR count). The number of carbonyl (C=O) groups is 1. The Labute approximate surface area is 151 Å². The van der Waals surface area contributed by atoms with Crippen LogP contribution >= 0.6 is 0 Å². The van der Waals surface area contributed by atoms with Gasteiger partial charge in [0.25, 0.3) is 5.56 Å². The van der Waals surface area contributed by atoms with E-state index in [2.05, 4.69) is 10.3 Å². The SMILES string of the molecule is CN(C)CCC(=O)Nc1ccc2c(c1)-c1[nH]c(=O)c3ccccc3c1C2. The number of H-pyrrole nitrogens is 1. The molecular formula is C21H21N3O2. The molecule has 2 aromatic carbocycles. The standard InChI is InChI=1S/C21H21N3O2/c1-24(2)10-9-19(25)22-14-8-7-13-11-18-15-5-3-4-6-16(15)21(26)23-20(18)17(13)12-14/h3-8,12H,9-11H2,1-2H3,(H,22,25)(H,23,26). The lowest BCUT2D eigenvalue weighted by atomic mass is 10.0. The number of nitrogens with one attached hydrogen (secondary N) is 2. The van der Waals surface area contributed by atoms with Crippen molar-refractivity contribution in [3.05, 3.63) is 63.9 Å². The molecule has 0 bridgehead atoms. The molecule has 0 saturated heterocycles. The van der Waals surface area contributed by atoms with E-state index < -0.39 is 0 Å². The average molecular weight is 347 g/mol. The Morgan fingerprint density at radius 2 is 1.92 bits per heavy atom. The van der Waals surface area contributed by atoms with Crippen molar-refractivity contribution in [2.75, 3.05) is 26.0 Å². The number of hydrogen-bond acceptors (Lipinski definition) is 3. The van der Waals surface area contributed by atoms with Gasteiger partial charge in [-0.15, -0.1) is 0 Å². The number of rotatable bonds is 4. The van der Waals surface area contributed by atoms with E-state index in [4.69, 9.17) is 0 Å². The summed E-state index contributed by atoms with van der Waals surface area (Å²) in [4.78, 5) is 29.5. The lowest BCUT2D eigenvalue weighted by Crippen LogP contribution is -2.20. The summed E-state index contributed by atoms with van der Waals surface area (Å²) in [5.74, 6) is -0.0103. The molecule has 0 fully saturated rings. The van der Waals surface area contributed by atoms with Gasteiger partial charge in [-0.1, -0.05) is 24.3 Å². The van der Waals surface area contributed by atoms with E-state index in [9.17, 15) is 9.59 Å². The topological polar surface area (TPSA) is 65.2 Å². The van der Waals surface area contributed by atoms with E-state index in [1.54, 1.807) is 0 Å². The van der Waals surface area contributed by atoms with Crippen LogP contribution in [0.1, 0.15) is 17.5 Å². The fourth-order valence-corrected chi connectivity index (χ4v) is 3.53. The highest BCUT2D eigenvalue weighted by atomic mass is 16.1. The van der Waals surface area contributed by atoms with Gasteiger partial charge in [-0.3, -0.25) is 9.59 Å². The number of aromatic nitrogens is 1. The van der Waals surface area contributed by atoms with Crippen molar-refractivity contribution in [2.45, 2.75) is 12.8 Å². The third-order valence-corrected chi connectivity index (χ3v) is 4.85. The molecule has 5 heteroatoms. The minimum atomic E-state index is -0.0763. The summed E-state index contributed by atoms with van der Waals surface area (Å²) in [7, 11) is 3.89. The normalized spacial score (nSPS) is 12.3. The van der Waals surface area contributed by atoms with Crippen molar-refractivity contribution in [3.63, 3.8) is 0 Å². The molecule has 3 aromatic rings. The zero-order chi connectivity index (χ0) is 18.3. The molecule has 0 aliphatic heterocycles. The molecule has 5 nitrogen and oxygen atoms in total. The van der Waals surface area contributed by atoms with Gasteiger partial charge in [0.1, 0.15) is 0 Å². The Morgan fingerprint density at radius 1 is 1.15 bits per heavy atom. The summed E-state index contributed by atoms with van der Waals surface area (Å²) in [5, 5.41) is 4.67. The lowest BCUT2D eigenvalue weighted by Gasteiger charge is -2.11. The van der Waals surface area contributed by atoms with Crippen molar-refractivity contribution in [2.24, 2.45) is 0 Å². The van der Waals surface area contributed by atoms with Crippen LogP contribution in [-0.4, -0.2) is 36.4 Å². The van der Waals surface area contributed by atoms with Crippen LogP contribution in [0.3, 0.4) is 0 Å². The summed E-state index contributed by atoms with van der Waals surface area (Å²) in [6, 6.07) is 13.6. The summed E-state index contributed by atoms with van der Waals surface area (Å²) in [6.07, 6.45) is 1.24. The first kappa shape index (κ1) is 16.5. The molecule has 1 aliphatic rings. The lowest BCUT2D eigenvalue weighted by molar-refractivity contribution is -0.116.